The molecule has 1 aromatic heterocycles. The standard InChI is InChI=1S/C22H22N2O.ClH/c1-16-13-20-21(14-17(16)2)24(15-23-20)11-6-12-25-22-10-5-8-18-7-3-4-9-19(18)22;/h3-5,7-10,13-15H,6,11-12H2,1-2H3;1H. The number of halogens is 1. The molecule has 3 nitrogen and oxygen atoms in total. The van der Waals surface area contributed by atoms with Crippen molar-refractivity contribution < 1.29 is 4.74 Å². The summed E-state index contributed by atoms with van der Waals surface area (Å²) in [7, 11) is 0. The molecular formula is C22H23ClN2O. The Labute approximate surface area is 160 Å². The molecule has 0 aliphatic heterocycles. The summed E-state index contributed by atoms with van der Waals surface area (Å²) in [5.41, 5.74) is 4.87. The van der Waals surface area contributed by atoms with Crippen LogP contribution in [0.5, 0.6) is 5.75 Å². The van der Waals surface area contributed by atoms with Crippen LogP contribution in [0.3, 0.4) is 0 Å². The molecule has 0 aliphatic rings. The van der Waals surface area contributed by atoms with Gasteiger partial charge in [0.2, 0.25) is 0 Å². The number of ether oxygens (including phenoxy) is 1. The maximum absolute atomic E-state index is 6.04. The average Bonchev–Trinajstić information content (AvgIpc) is 3.01. The highest BCUT2D eigenvalue weighted by Gasteiger charge is 2.05. The van der Waals surface area contributed by atoms with Gasteiger partial charge in [-0.05, 0) is 55.0 Å². The molecule has 0 saturated heterocycles. The molecule has 0 radical (unpaired) electrons. The molecular weight excluding hydrogens is 344 g/mol. The molecule has 0 bridgehead atoms. The monoisotopic (exact) mass is 366 g/mol. The lowest BCUT2D eigenvalue weighted by Gasteiger charge is -2.10. The summed E-state index contributed by atoms with van der Waals surface area (Å²) in [5.74, 6) is 0.958. The first-order valence-corrected chi connectivity index (χ1v) is 8.75. The van der Waals surface area contributed by atoms with Crippen LogP contribution in [0.2, 0.25) is 0 Å². The van der Waals surface area contributed by atoms with Gasteiger partial charge in [-0.25, -0.2) is 4.98 Å². The van der Waals surface area contributed by atoms with Crippen molar-refractivity contribution in [3.63, 3.8) is 0 Å². The third-order valence-electron chi connectivity index (χ3n) is 4.79. The summed E-state index contributed by atoms with van der Waals surface area (Å²) in [4.78, 5) is 4.52. The van der Waals surface area contributed by atoms with E-state index >= 15 is 0 Å². The van der Waals surface area contributed by atoms with Crippen LogP contribution in [-0.4, -0.2) is 16.2 Å². The van der Waals surface area contributed by atoms with Crippen LogP contribution in [-0.2, 0) is 6.54 Å². The van der Waals surface area contributed by atoms with Gasteiger partial charge in [-0.3, -0.25) is 0 Å². The van der Waals surface area contributed by atoms with E-state index in [0.29, 0.717) is 6.61 Å². The average molecular weight is 367 g/mol. The Morgan fingerprint density at radius 2 is 1.73 bits per heavy atom. The van der Waals surface area contributed by atoms with E-state index in [0.717, 1.165) is 24.2 Å². The molecule has 0 atom stereocenters. The molecule has 0 unspecified atom stereocenters. The van der Waals surface area contributed by atoms with E-state index in [1.165, 1.54) is 27.4 Å². The van der Waals surface area contributed by atoms with Crippen molar-refractivity contribution in [3.05, 3.63) is 72.1 Å². The fourth-order valence-corrected chi connectivity index (χ4v) is 3.23. The Hall–Kier alpha value is -2.52. The minimum Gasteiger partial charge on any atom is -0.493 e. The molecule has 0 N–H and O–H groups in total. The van der Waals surface area contributed by atoms with E-state index in [2.05, 4.69) is 65.9 Å². The summed E-state index contributed by atoms with van der Waals surface area (Å²) in [6.45, 7) is 5.88. The van der Waals surface area contributed by atoms with Crippen LogP contribution in [0, 0.1) is 13.8 Å². The Kier molecular flexibility index (Phi) is 5.48. The van der Waals surface area contributed by atoms with E-state index in [9.17, 15) is 0 Å². The van der Waals surface area contributed by atoms with Crippen LogP contribution in [0.15, 0.2) is 60.9 Å². The van der Waals surface area contributed by atoms with Crippen LogP contribution < -0.4 is 4.74 Å². The number of hydrogen-bond donors (Lipinski definition) is 0. The number of imidazole rings is 1. The molecule has 4 rings (SSSR count). The van der Waals surface area contributed by atoms with Crippen molar-refractivity contribution in [1.29, 1.82) is 0 Å². The zero-order valence-electron chi connectivity index (χ0n) is 15.1. The first-order valence-electron chi connectivity index (χ1n) is 8.75. The van der Waals surface area contributed by atoms with Gasteiger partial charge in [0.25, 0.3) is 0 Å². The lowest BCUT2D eigenvalue weighted by molar-refractivity contribution is 0.306. The molecule has 134 valence electrons. The van der Waals surface area contributed by atoms with Crippen molar-refractivity contribution in [2.75, 3.05) is 6.61 Å². The summed E-state index contributed by atoms with van der Waals surface area (Å²) in [6.07, 6.45) is 2.88. The highest BCUT2D eigenvalue weighted by atomic mass is 35.5. The number of fused-ring (bicyclic) bond motifs is 2. The Balaban J connectivity index is 0.00000196. The Morgan fingerprint density at radius 1 is 0.962 bits per heavy atom. The number of aryl methyl sites for hydroxylation is 3. The van der Waals surface area contributed by atoms with E-state index in [4.69, 9.17) is 4.74 Å². The van der Waals surface area contributed by atoms with Crippen LogP contribution in [0.25, 0.3) is 21.8 Å². The van der Waals surface area contributed by atoms with Gasteiger partial charge in [0.05, 0.1) is 24.0 Å². The summed E-state index contributed by atoms with van der Waals surface area (Å²) < 4.78 is 8.26. The van der Waals surface area contributed by atoms with E-state index in [1.54, 1.807) is 0 Å². The second kappa shape index (κ2) is 7.79. The van der Waals surface area contributed by atoms with E-state index in [1.807, 2.05) is 18.5 Å². The molecule has 1 heterocycles. The zero-order chi connectivity index (χ0) is 17.2. The molecule has 0 amide bonds. The lowest BCUT2D eigenvalue weighted by Crippen LogP contribution is -2.04. The number of hydrogen-bond acceptors (Lipinski definition) is 2. The molecule has 0 fully saturated rings. The third-order valence-corrected chi connectivity index (χ3v) is 4.79. The van der Waals surface area contributed by atoms with Crippen LogP contribution >= 0.6 is 12.4 Å². The van der Waals surface area contributed by atoms with Crippen LogP contribution in [0.1, 0.15) is 17.5 Å². The highest BCUT2D eigenvalue weighted by molar-refractivity contribution is 5.88. The van der Waals surface area contributed by atoms with Gasteiger partial charge in [0.1, 0.15) is 5.75 Å². The molecule has 0 saturated carbocycles. The highest BCUT2D eigenvalue weighted by Crippen LogP contribution is 2.25. The van der Waals surface area contributed by atoms with Crippen molar-refractivity contribution in [1.82, 2.24) is 9.55 Å². The minimum absolute atomic E-state index is 0. The molecule has 26 heavy (non-hydrogen) atoms. The molecule has 4 heteroatoms. The predicted octanol–water partition coefficient (Wildman–Crippen LogP) is 5.70. The second-order valence-corrected chi connectivity index (χ2v) is 6.54. The minimum atomic E-state index is 0. The topological polar surface area (TPSA) is 27.1 Å². The Bertz CT molecular complexity index is 1030. The SMILES string of the molecule is Cc1cc2ncn(CCCOc3cccc4ccccc34)c2cc1C.Cl. The fourth-order valence-electron chi connectivity index (χ4n) is 3.23. The van der Waals surface area contributed by atoms with Gasteiger partial charge in [-0.15, -0.1) is 12.4 Å². The molecule has 4 aromatic rings. The lowest BCUT2D eigenvalue weighted by atomic mass is 10.1. The molecule has 0 spiro atoms. The maximum atomic E-state index is 6.04. The van der Waals surface area contributed by atoms with Gasteiger partial charge in [-0.2, -0.15) is 0 Å². The maximum Gasteiger partial charge on any atom is 0.127 e. The van der Waals surface area contributed by atoms with Gasteiger partial charge in [0, 0.05) is 11.9 Å². The van der Waals surface area contributed by atoms with Crippen molar-refractivity contribution >= 4 is 34.2 Å². The summed E-state index contributed by atoms with van der Waals surface area (Å²) in [6, 6.07) is 18.9. The van der Waals surface area contributed by atoms with E-state index in [-0.39, 0.29) is 12.4 Å². The normalized spacial score (nSPS) is 10.8. The third kappa shape index (κ3) is 3.54. The number of rotatable bonds is 5. The fraction of sp³-hybridized carbons (Fsp3) is 0.227. The van der Waals surface area contributed by atoms with Crippen molar-refractivity contribution in [3.8, 4) is 5.75 Å². The second-order valence-electron chi connectivity index (χ2n) is 6.54. The molecule has 3 aromatic carbocycles. The number of aromatic nitrogens is 2. The molecule has 0 aliphatic carbocycles. The van der Waals surface area contributed by atoms with Gasteiger partial charge in [-0.1, -0.05) is 36.4 Å². The Morgan fingerprint density at radius 3 is 2.62 bits per heavy atom. The zero-order valence-corrected chi connectivity index (χ0v) is 15.9. The summed E-state index contributed by atoms with van der Waals surface area (Å²) >= 11 is 0. The smallest absolute Gasteiger partial charge is 0.127 e. The largest absolute Gasteiger partial charge is 0.493 e. The number of nitrogens with zero attached hydrogens (tertiary/aromatic N) is 2. The number of benzene rings is 3. The van der Waals surface area contributed by atoms with Crippen molar-refractivity contribution in [2.24, 2.45) is 0 Å². The van der Waals surface area contributed by atoms with Crippen LogP contribution in [0.4, 0.5) is 0 Å². The van der Waals surface area contributed by atoms with Gasteiger partial charge < -0.3 is 9.30 Å². The summed E-state index contributed by atoms with van der Waals surface area (Å²) in [5, 5.41) is 2.38. The van der Waals surface area contributed by atoms with E-state index < -0.39 is 0 Å². The predicted molar refractivity (Wildman–Crippen MR) is 111 cm³/mol. The van der Waals surface area contributed by atoms with Gasteiger partial charge >= 0.3 is 0 Å². The quantitative estimate of drug-likeness (QED) is 0.424. The first kappa shape index (κ1) is 18.3. The van der Waals surface area contributed by atoms with Crippen molar-refractivity contribution in [2.45, 2.75) is 26.8 Å². The first-order chi connectivity index (χ1) is 12.2. The van der Waals surface area contributed by atoms with Gasteiger partial charge in [0.15, 0.2) is 0 Å².